The van der Waals surface area contributed by atoms with E-state index in [-0.39, 0.29) is 24.8 Å². The van der Waals surface area contributed by atoms with E-state index in [1.807, 2.05) is 13.8 Å². The summed E-state index contributed by atoms with van der Waals surface area (Å²) < 4.78 is 25.0. The number of fused-ring (bicyclic) bond motifs is 1. The SMILES string of the molecule is CC.Nc1cccc(CN2Cc3ccc(Oc4ncccn4)cc3OC2=O)c1F. The van der Waals surface area contributed by atoms with Gasteiger partial charge in [-0.05, 0) is 24.3 Å². The third-order valence-electron chi connectivity index (χ3n) is 4.08. The molecule has 0 radical (unpaired) electrons. The van der Waals surface area contributed by atoms with Gasteiger partial charge in [-0.1, -0.05) is 26.0 Å². The molecule has 0 fully saturated rings. The van der Waals surface area contributed by atoms with Gasteiger partial charge in [0, 0.05) is 29.6 Å². The van der Waals surface area contributed by atoms with Crippen molar-refractivity contribution in [1.29, 1.82) is 0 Å². The number of ether oxygens (including phenoxy) is 2. The van der Waals surface area contributed by atoms with Crippen LogP contribution in [0.2, 0.25) is 0 Å². The van der Waals surface area contributed by atoms with Crippen LogP contribution in [-0.4, -0.2) is 21.0 Å². The van der Waals surface area contributed by atoms with Gasteiger partial charge in [0.1, 0.15) is 11.5 Å². The molecule has 1 aromatic heterocycles. The van der Waals surface area contributed by atoms with Gasteiger partial charge in [-0.2, -0.15) is 0 Å². The maximum absolute atomic E-state index is 14.1. The van der Waals surface area contributed by atoms with E-state index in [1.54, 1.807) is 48.8 Å². The molecule has 150 valence electrons. The number of carbonyl (C=O) groups is 1. The molecule has 7 nitrogen and oxygen atoms in total. The third-order valence-corrected chi connectivity index (χ3v) is 4.08. The number of benzene rings is 2. The van der Waals surface area contributed by atoms with Crippen molar-refractivity contribution in [3.63, 3.8) is 0 Å². The Balaban J connectivity index is 0.00000117. The minimum atomic E-state index is -0.572. The molecule has 0 spiro atoms. The lowest BCUT2D eigenvalue weighted by atomic mass is 10.1. The molecule has 8 heteroatoms. The van der Waals surface area contributed by atoms with Crippen LogP contribution in [0.25, 0.3) is 0 Å². The van der Waals surface area contributed by atoms with Gasteiger partial charge in [0.05, 0.1) is 18.8 Å². The number of rotatable bonds is 4. The Hall–Kier alpha value is -3.68. The molecule has 0 atom stereocenters. The molecule has 1 aliphatic heterocycles. The first kappa shape index (κ1) is 20.1. The van der Waals surface area contributed by atoms with E-state index in [1.165, 1.54) is 11.0 Å². The first-order valence-electron chi connectivity index (χ1n) is 9.17. The van der Waals surface area contributed by atoms with E-state index < -0.39 is 11.9 Å². The largest absolute Gasteiger partial charge is 0.424 e. The van der Waals surface area contributed by atoms with Gasteiger partial charge >= 0.3 is 12.1 Å². The van der Waals surface area contributed by atoms with E-state index >= 15 is 0 Å². The van der Waals surface area contributed by atoms with Gasteiger partial charge in [-0.15, -0.1) is 0 Å². The second-order valence-electron chi connectivity index (χ2n) is 5.95. The van der Waals surface area contributed by atoms with Crippen molar-refractivity contribution in [2.45, 2.75) is 26.9 Å². The molecular weight excluding hydrogens is 375 g/mol. The van der Waals surface area contributed by atoms with Crippen molar-refractivity contribution in [3.05, 3.63) is 71.8 Å². The molecule has 1 amide bonds. The number of amides is 1. The molecule has 0 saturated heterocycles. The quantitative estimate of drug-likeness (QED) is 0.652. The van der Waals surface area contributed by atoms with Crippen molar-refractivity contribution in [3.8, 4) is 17.5 Å². The van der Waals surface area contributed by atoms with E-state index in [0.717, 1.165) is 5.56 Å². The van der Waals surface area contributed by atoms with Crippen LogP contribution >= 0.6 is 0 Å². The maximum Gasteiger partial charge on any atom is 0.415 e. The number of anilines is 1. The molecule has 4 rings (SSSR count). The molecule has 2 aromatic carbocycles. The third kappa shape index (κ3) is 4.60. The maximum atomic E-state index is 14.1. The van der Waals surface area contributed by atoms with Crippen LogP contribution in [-0.2, 0) is 13.1 Å². The standard InChI is InChI=1S/C19H15FN4O3.C2H6/c20-17-13(3-1-4-15(17)21)11-24-10-12-5-6-14(9-16(12)27-19(24)25)26-18-22-7-2-8-23-18;1-2/h1-9H,10-11,21H2;1-2H3. The van der Waals surface area contributed by atoms with Gasteiger partial charge in [0.15, 0.2) is 5.82 Å². The summed E-state index contributed by atoms with van der Waals surface area (Å²) in [5.74, 6) is 0.309. The van der Waals surface area contributed by atoms with E-state index in [0.29, 0.717) is 17.1 Å². The van der Waals surface area contributed by atoms with Crippen LogP contribution in [0.1, 0.15) is 25.0 Å². The van der Waals surface area contributed by atoms with Crippen molar-refractivity contribution in [2.75, 3.05) is 5.73 Å². The predicted molar refractivity (Wildman–Crippen MR) is 106 cm³/mol. The minimum absolute atomic E-state index is 0.0446. The lowest BCUT2D eigenvalue weighted by Crippen LogP contribution is -2.36. The average molecular weight is 396 g/mol. The zero-order valence-electron chi connectivity index (χ0n) is 16.1. The summed E-state index contributed by atoms with van der Waals surface area (Å²) in [5.41, 5.74) is 6.74. The van der Waals surface area contributed by atoms with Crippen LogP contribution < -0.4 is 15.2 Å². The first-order chi connectivity index (χ1) is 14.1. The number of aromatic nitrogens is 2. The van der Waals surface area contributed by atoms with Gasteiger partial charge in [-0.3, -0.25) is 4.90 Å². The normalized spacial score (nSPS) is 12.4. The summed E-state index contributed by atoms with van der Waals surface area (Å²) in [5, 5.41) is 0. The van der Waals surface area contributed by atoms with Gasteiger partial charge < -0.3 is 15.2 Å². The van der Waals surface area contributed by atoms with E-state index in [4.69, 9.17) is 15.2 Å². The van der Waals surface area contributed by atoms with Crippen LogP contribution in [0, 0.1) is 5.82 Å². The number of hydrogen-bond donors (Lipinski definition) is 1. The summed E-state index contributed by atoms with van der Waals surface area (Å²) in [6.07, 6.45) is 2.56. The average Bonchev–Trinajstić information content (AvgIpc) is 2.74. The molecule has 1 aliphatic rings. The fourth-order valence-corrected chi connectivity index (χ4v) is 2.74. The monoisotopic (exact) mass is 396 g/mol. The van der Waals surface area contributed by atoms with Crippen LogP contribution in [0.3, 0.4) is 0 Å². The molecule has 2 heterocycles. The summed E-state index contributed by atoms with van der Waals surface area (Å²) in [4.78, 5) is 21.7. The molecule has 0 bridgehead atoms. The second-order valence-corrected chi connectivity index (χ2v) is 5.95. The summed E-state index contributed by atoms with van der Waals surface area (Å²) in [6, 6.07) is 11.7. The zero-order valence-corrected chi connectivity index (χ0v) is 16.1. The van der Waals surface area contributed by atoms with Crippen LogP contribution in [0.5, 0.6) is 17.5 Å². The Labute approximate surface area is 167 Å². The first-order valence-corrected chi connectivity index (χ1v) is 9.17. The van der Waals surface area contributed by atoms with Gasteiger partial charge in [0.25, 0.3) is 0 Å². The Morgan fingerprint density at radius 1 is 1.17 bits per heavy atom. The minimum Gasteiger partial charge on any atom is -0.424 e. The highest BCUT2D eigenvalue weighted by atomic mass is 19.1. The molecule has 0 saturated carbocycles. The van der Waals surface area contributed by atoms with Crippen LogP contribution in [0.4, 0.5) is 14.9 Å². The molecule has 29 heavy (non-hydrogen) atoms. The van der Waals surface area contributed by atoms with Gasteiger partial charge in [0.2, 0.25) is 0 Å². The van der Waals surface area contributed by atoms with Gasteiger partial charge in [-0.25, -0.2) is 19.2 Å². The van der Waals surface area contributed by atoms with E-state index in [9.17, 15) is 9.18 Å². The Kier molecular flexibility index (Phi) is 6.23. The number of nitrogens with zero attached hydrogens (tertiary/aromatic N) is 3. The van der Waals surface area contributed by atoms with Crippen molar-refractivity contribution in [2.24, 2.45) is 0 Å². The fourth-order valence-electron chi connectivity index (χ4n) is 2.74. The summed E-state index contributed by atoms with van der Waals surface area (Å²) in [7, 11) is 0. The highest BCUT2D eigenvalue weighted by Crippen LogP contribution is 2.32. The lowest BCUT2D eigenvalue weighted by Gasteiger charge is -2.28. The molecular formula is C21H21FN4O3. The number of hydrogen-bond acceptors (Lipinski definition) is 6. The number of nitrogens with two attached hydrogens (primary N) is 1. The smallest absolute Gasteiger partial charge is 0.415 e. The Morgan fingerprint density at radius 3 is 2.69 bits per heavy atom. The van der Waals surface area contributed by atoms with Crippen molar-refractivity contribution >= 4 is 11.8 Å². The second kappa shape index (κ2) is 9.01. The number of nitrogen functional groups attached to an aromatic ring is 1. The lowest BCUT2D eigenvalue weighted by molar-refractivity contribution is 0.134. The zero-order chi connectivity index (χ0) is 20.8. The van der Waals surface area contributed by atoms with Crippen molar-refractivity contribution in [1.82, 2.24) is 14.9 Å². The Morgan fingerprint density at radius 2 is 1.93 bits per heavy atom. The number of carbonyl (C=O) groups excluding carboxylic acids is 1. The molecule has 0 aliphatic carbocycles. The Bertz CT molecular complexity index is 998. The van der Waals surface area contributed by atoms with Crippen molar-refractivity contribution < 1.29 is 18.7 Å². The molecule has 2 N–H and O–H groups in total. The summed E-state index contributed by atoms with van der Waals surface area (Å²) >= 11 is 0. The van der Waals surface area contributed by atoms with E-state index in [2.05, 4.69) is 9.97 Å². The molecule has 3 aromatic rings. The van der Waals surface area contributed by atoms with Crippen LogP contribution in [0.15, 0.2) is 54.9 Å². The topological polar surface area (TPSA) is 90.6 Å². The number of halogens is 1. The fraction of sp³-hybridized carbons (Fsp3) is 0.190. The highest BCUT2D eigenvalue weighted by molar-refractivity contribution is 5.73. The predicted octanol–water partition coefficient (Wildman–Crippen LogP) is 4.53. The molecule has 0 unspecified atom stereocenters. The summed E-state index contributed by atoms with van der Waals surface area (Å²) in [6.45, 7) is 4.34. The highest BCUT2D eigenvalue weighted by Gasteiger charge is 2.26.